The number of hydrogen-bond donors (Lipinski definition) is 1. The van der Waals surface area contributed by atoms with Crippen molar-refractivity contribution < 1.29 is 9.23 Å². The molecule has 0 spiro atoms. The fraction of sp³-hybridized carbons (Fsp3) is 0.455. The van der Waals surface area contributed by atoms with Crippen LogP contribution in [0.25, 0.3) is 0 Å². The summed E-state index contributed by atoms with van der Waals surface area (Å²) in [7, 11) is 0. The van der Waals surface area contributed by atoms with Gasteiger partial charge in [-0.25, -0.2) is 4.39 Å². The first-order valence-electron chi connectivity index (χ1n) is 4.88. The van der Waals surface area contributed by atoms with Gasteiger partial charge in [0, 0.05) is 6.54 Å². The maximum absolute atomic E-state index is 13.1. The molecular formula is C11H15BrFNO. The molecule has 0 heterocycles. The van der Waals surface area contributed by atoms with Gasteiger partial charge < -0.3 is 4.84 Å². The first-order valence-corrected chi connectivity index (χ1v) is 5.67. The minimum Gasteiger partial charge on any atom is -0.301 e. The van der Waals surface area contributed by atoms with Crippen LogP contribution in [-0.2, 0) is 11.4 Å². The number of nitrogens with one attached hydrogen (secondary N) is 1. The fourth-order valence-corrected chi connectivity index (χ4v) is 1.26. The Morgan fingerprint density at radius 3 is 2.80 bits per heavy atom. The molecule has 1 N–H and O–H groups in total. The normalized spacial score (nSPS) is 11.0. The predicted molar refractivity (Wildman–Crippen MR) is 61.7 cm³/mol. The van der Waals surface area contributed by atoms with Gasteiger partial charge in [0.1, 0.15) is 5.82 Å². The standard InChI is InChI=1S/C11H15BrFNO/c1-8(2)7-15-14-6-9-3-4-10(12)11(13)5-9/h3-5,8,14H,6-7H2,1-2H3. The molecule has 0 amide bonds. The molecule has 0 unspecified atom stereocenters. The summed E-state index contributed by atoms with van der Waals surface area (Å²) in [4.78, 5) is 5.18. The lowest BCUT2D eigenvalue weighted by molar-refractivity contribution is 0.0196. The number of hydrogen-bond acceptors (Lipinski definition) is 2. The van der Waals surface area contributed by atoms with Crippen molar-refractivity contribution in [2.24, 2.45) is 5.92 Å². The van der Waals surface area contributed by atoms with E-state index in [1.165, 1.54) is 6.07 Å². The third kappa shape index (κ3) is 4.73. The van der Waals surface area contributed by atoms with Crippen LogP contribution in [0.5, 0.6) is 0 Å². The highest BCUT2D eigenvalue weighted by Gasteiger charge is 2.00. The highest BCUT2D eigenvalue weighted by Crippen LogP contribution is 2.16. The Morgan fingerprint density at radius 1 is 1.47 bits per heavy atom. The van der Waals surface area contributed by atoms with Gasteiger partial charge in [0.15, 0.2) is 0 Å². The molecule has 15 heavy (non-hydrogen) atoms. The van der Waals surface area contributed by atoms with Crippen LogP contribution < -0.4 is 5.48 Å². The summed E-state index contributed by atoms with van der Waals surface area (Å²) in [5.41, 5.74) is 3.66. The Morgan fingerprint density at radius 2 is 2.20 bits per heavy atom. The smallest absolute Gasteiger partial charge is 0.137 e. The van der Waals surface area contributed by atoms with Crippen LogP contribution in [0.2, 0.25) is 0 Å². The molecule has 0 aliphatic heterocycles. The summed E-state index contributed by atoms with van der Waals surface area (Å²) in [6.45, 7) is 5.30. The average molecular weight is 276 g/mol. The monoisotopic (exact) mass is 275 g/mol. The number of halogens is 2. The van der Waals surface area contributed by atoms with Gasteiger partial charge in [-0.2, -0.15) is 5.48 Å². The number of rotatable bonds is 5. The Kier molecular flexibility index (Phi) is 5.22. The topological polar surface area (TPSA) is 21.3 Å². The zero-order valence-corrected chi connectivity index (χ0v) is 10.5. The van der Waals surface area contributed by atoms with Crippen molar-refractivity contribution in [1.82, 2.24) is 5.48 Å². The maximum atomic E-state index is 13.1. The second-order valence-electron chi connectivity index (χ2n) is 3.77. The number of benzene rings is 1. The molecule has 0 atom stereocenters. The van der Waals surface area contributed by atoms with Crippen LogP contribution in [0.3, 0.4) is 0 Å². The Hall–Kier alpha value is -0.450. The molecule has 2 nitrogen and oxygen atoms in total. The van der Waals surface area contributed by atoms with Crippen molar-refractivity contribution >= 4 is 15.9 Å². The Bertz CT molecular complexity index is 317. The van der Waals surface area contributed by atoms with Gasteiger partial charge in [-0.05, 0) is 39.5 Å². The first kappa shape index (κ1) is 12.6. The molecule has 4 heteroatoms. The minimum atomic E-state index is -0.252. The second-order valence-corrected chi connectivity index (χ2v) is 4.63. The fourth-order valence-electron chi connectivity index (χ4n) is 1.01. The van der Waals surface area contributed by atoms with Crippen LogP contribution in [0.1, 0.15) is 19.4 Å². The third-order valence-corrected chi connectivity index (χ3v) is 2.42. The highest BCUT2D eigenvalue weighted by molar-refractivity contribution is 9.10. The summed E-state index contributed by atoms with van der Waals surface area (Å²) in [6.07, 6.45) is 0. The van der Waals surface area contributed by atoms with E-state index in [-0.39, 0.29) is 5.82 Å². The highest BCUT2D eigenvalue weighted by atomic mass is 79.9. The van der Waals surface area contributed by atoms with E-state index in [1.54, 1.807) is 6.07 Å². The summed E-state index contributed by atoms with van der Waals surface area (Å²) in [6, 6.07) is 5.02. The van der Waals surface area contributed by atoms with Crippen molar-refractivity contribution in [2.75, 3.05) is 6.61 Å². The van der Waals surface area contributed by atoms with Crippen LogP contribution in [0.4, 0.5) is 4.39 Å². The second kappa shape index (κ2) is 6.20. The van der Waals surface area contributed by atoms with E-state index in [1.807, 2.05) is 6.07 Å². The number of hydroxylamine groups is 1. The quantitative estimate of drug-likeness (QED) is 0.658. The van der Waals surface area contributed by atoms with E-state index in [4.69, 9.17) is 4.84 Å². The van der Waals surface area contributed by atoms with Gasteiger partial charge >= 0.3 is 0 Å². The summed E-state index contributed by atoms with van der Waals surface area (Å²) >= 11 is 3.10. The van der Waals surface area contributed by atoms with Crippen LogP contribution in [-0.4, -0.2) is 6.61 Å². The van der Waals surface area contributed by atoms with Crippen molar-refractivity contribution in [3.8, 4) is 0 Å². The lowest BCUT2D eigenvalue weighted by atomic mass is 10.2. The van der Waals surface area contributed by atoms with E-state index in [9.17, 15) is 4.39 Å². The minimum absolute atomic E-state index is 0.252. The van der Waals surface area contributed by atoms with Crippen LogP contribution in [0, 0.1) is 11.7 Å². The zero-order valence-electron chi connectivity index (χ0n) is 8.89. The van der Waals surface area contributed by atoms with E-state index in [0.717, 1.165) is 5.56 Å². The SMILES string of the molecule is CC(C)CONCc1ccc(Br)c(F)c1. The molecule has 0 aliphatic rings. The Labute approximate surface area is 97.9 Å². The third-order valence-electron chi connectivity index (χ3n) is 1.78. The van der Waals surface area contributed by atoms with Crippen LogP contribution in [0.15, 0.2) is 22.7 Å². The lowest BCUT2D eigenvalue weighted by Gasteiger charge is -2.08. The Balaban J connectivity index is 2.35. The van der Waals surface area contributed by atoms with E-state index >= 15 is 0 Å². The van der Waals surface area contributed by atoms with Gasteiger partial charge in [-0.15, -0.1) is 0 Å². The molecule has 0 saturated heterocycles. The molecular weight excluding hydrogens is 261 g/mol. The van der Waals surface area contributed by atoms with E-state index in [2.05, 4.69) is 35.3 Å². The molecule has 0 aliphatic carbocycles. The first-order chi connectivity index (χ1) is 7.09. The molecule has 1 aromatic rings. The van der Waals surface area contributed by atoms with Gasteiger partial charge in [-0.1, -0.05) is 19.9 Å². The predicted octanol–water partition coefficient (Wildman–Crippen LogP) is 3.27. The lowest BCUT2D eigenvalue weighted by Crippen LogP contribution is -2.17. The van der Waals surface area contributed by atoms with Crippen molar-refractivity contribution in [3.63, 3.8) is 0 Å². The van der Waals surface area contributed by atoms with Crippen molar-refractivity contribution in [3.05, 3.63) is 34.1 Å². The van der Waals surface area contributed by atoms with Crippen molar-refractivity contribution in [1.29, 1.82) is 0 Å². The molecule has 1 rings (SSSR count). The van der Waals surface area contributed by atoms with Crippen molar-refractivity contribution in [2.45, 2.75) is 20.4 Å². The average Bonchev–Trinajstić information content (AvgIpc) is 2.18. The summed E-state index contributed by atoms with van der Waals surface area (Å²) in [5.74, 6) is 0.234. The zero-order chi connectivity index (χ0) is 11.3. The van der Waals surface area contributed by atoms with Gasteiger partial charge in [0.2, 0.25) is 0 Å². The van der Waals surface area contributed by atoms with Crippen LogP contribution >= 0.6 is 15.9 Å². The molecule has 0 saturated carbocycles. The largest absolute Gasteiger partial charge is 0.301 e. The maximum Gasteiger partial charge on any atom is 0.137 e. The molecule has 0 aromatic heterocycles. The summed E-state index contributed by atoms with van der Waals surface area (Å²) in [5, 5.41) is 0. The summed E-state index contributed by atoms with van der Waals surface area (Å²) < 4.78 is 13.6. The van der Waals surface area contributed by atoms with Gasteiger partial charge in [0.25, 0.3) is 0 Å². The molecule has 0 radical (unpaired) electrons. The molecule has 1 aromatic carbocycles. The van der Waals surface area contributed by atoms with Gasteiger partial charge in [0.05, 0.1) is 11.1 Å². The van der Waals surface area contributed by atoms with Gasteiger partial charge in [-0.3, -0.25) is 0 Å². The molecule has 84 valence electrons. The molecule has 0 bridgehead atoms. The van der Waals surface area contributed by atoms with E-state index < -0.39 is 0 Å². The molecule has 0 fully saturated rings. The van der Waals surface area contributed by atoms with E-state index in [0.29, 0.717) is 23.5 Å².